The van der Waals surface area contributed by atoms with Crippen molar-refractivity contribution >= 4 is 0 Å². The van der Waals surface area contributed by atoms with E-state index >= 15 is 0 Å². The lowest BCUT2D eigenvalue weighted by Gasteiger charge is -2.33. The fourth-order valence-electron chi connectivity index (χ4n) is 4.22. The molecule has 5 heteroatoms. The smallest absolute Gasteiger partial charge is 0.180 e. The van der Waals surface area contributed by atoms with Crippen LogP contribution in [0.1, 0.15) is 6.92 Å². The molecule has 1 aliphatic heterocycles. The number of rotatable bonds is 5. The molecule has 5 nitrogen and oxygen atoms in total. The molecule has 114 valence electrons. The van der Waals surface area contributed by atoms with Crippen molar-refractivity contribution in [1.29, 1.82) is 0 Å². The van der Waals surface area contributed by atoms with Crippen LogP contribution in [0.5, 0.6) is 0 Å². The maximum absolute atomic E-state index is 6.00. The predicted molar refractivity (Wildman–Crippen MR) is 72.0 cm³/mol. The van der Waals surface area contributed by atoms with Crippen molar-refractivity contribution in [3.8, 4) is 0 Å². The molecule has 0 aromatic rings. The minimum absolute atomic E-state index is 0.0276. The Morgan fingerprint density at radius 1 is 1.15 bits per heavy atom. The highest BCUT2D eigenvalue weighted by atomic mass is 16.7. The van der Waals surface area contributed by atoms with Gasteiger partial charge in [-0.15, -0.1) is 0 Å². The zero-order valence-corrected chi connectivity index (χ0v) is 12.6. The third-order valence-electron chi connectivity index (χ3n) is 5.12. The summed E-state index contributed by atoms with van der Waals surface area (Å²) in [5.41, 5.74) is 0. The summed E-state index contributed by atoms with van der Waals surface area (Å²) in [7, 11) is 5.12. The maximum atomic E-state index is 6.00. The van der Waals surface area contributed by atoms with Crippen LogP contribution in [-0.2, 0) is 23.7 Å². The summed E-state index contributed by atoms with van der Waals surface area (Å²) in [6.07, 6.45) is 4.23. The van der Waals surface area contributed by atoms with Gasteiger partial charge in [0.05, 0.1) is 13.2 Å². The summed E-state index contributed by atoms with van der Waals surface area (Å²) >= 11 is 0. The van der Waals surface area contributed by atoms with E-state index in [0.29, 0.717) is 19.1 Å². The Hall–Kier alpha value is -0.460. The second-order valence-corrected chi connectivity index (χ2v) is 5.92. The average molecular weight is 284 g/mol. The molecule has 1 saturated heterocycles. The van der Waals surface area contributed by atoms with E-state index in [0.717, 1.165) is 0 Å². The number of ether oxygens (including phenoxy) is 5. The molecule has 6 unspecified atom stereocenters. The number of hydrogen-bond donors (Lipinski definition) is 0. The monoisotopic (exact) mass is 284 g/mol. The SMILES string of the molecule is COCC1COC(C2C(C)C3C=CC2C3(OC)OC)O1. The van der Waals surface area contributed by atoms with Gasteiger partial charge in [-0.05, 0) is 5.92 Å². The average Bonchev–Trinajstić information content (AvgIpc) is 3.10. The Morgan fingerprint density at radius 3 is 2.45 bits per heavy atom. The fourth-order valence-corrected chi connectivity index (χ4v) is 4.22. The van der Waals surface area contributed by atoms with Crippen LogP contribution in [0.3, 0.4) is 0 Å². The maximum Gasteiger partial charge on any atom is 0.180 e. The van der Waals surface area contributed by atoms with Crippen LogP contribution in [0, 0.1) is 23.7 Å². The molecule has 2 aliphatic carbocycles. The molecule has 2 bridgehead atoms. The van der Waals surface area contributed by atoms with Gasteiger partial charge in [0.25, 0.3) is 0 Å². The van der Waals surface area contributed by atoms with Gasteiger partial charge in [0.1, 0.15) is 6.10 Å². The number of fused-ring (bicyclic) bond motifs is 2. The second kappa shape index (κ2) is 5.39. The molecule has 0 radical (unpaired) electrons. The van der Waals surface area contributed by atoms with Gasteiger partial charge in [0, 0.05) is 39.1 Å². The van der Waals surface area contributed by atoms with Crippen LogP contribution < -0.4 is 0 Å². The van der Waals surface area contributed by atoms with E-state index in [4.69, 9.17) is 23.7 Å². The van der Waals surface area contributed by atoms with E-state index in [-0.39, 0.29) is 30.1 Å². The van der Waals surface area contributed by atoms with Gasteiger partial charge >= 0.3 is 0 Å². The molecule has 3 rings (SSSR count). The molecule has 1 heterocycles. The van der Waals surface area contributed by atoms with Gasteiger partial charge in [-0.2, -0.15) is 0 Å². The largest absolute Gasteiger partial charge is 0.382 e. The highest BCUT2D eigenvalue weighted by molar-refractivity contribution is 5.22. The number of hydrogen-bond acceptors (Lipinski definition) is 5. The highest BCUT2D eigenvalue weighted by Crippen LogP contribution is 2.58. The molecule has 20 heavy (non-hydrogen) atoms. The lowest BCUT2D eigenvalue weighted by atomic mass is 9.84. The molecule has 0 amide bonds. The first kappa shape index (κ1) is 14.5. The van der Waals surface area contributed by atoms with Gasteiger partial charge < -0.3 is 23.7 Å². The summed E-state index contributed by atoms with van der Waals surface area (Å²) in [6.45, 7) is 3.39. The van der Waals surface area contributed by atoms with Crippen LogP contribution in [0.4, 0.5) is 0 Å². The summed E-state index contributed by atoms with van der Waals surface area (Å²) < 4.78 is 28.5. The standard InChI is InChI=1S/C15H24O5/c1-9-11-5-6-12(15(11,17-3)18-4)13(9)14-19-8-10(20-14)7-16-2/h5-6,9-14H,7-8H2,1-4H3. The lowest BCUT2D eigenvalue weighted by molar-refractivity contribution is -0.239. The Balaban J connectivity index is 1.77. The van der Waals surface area contributed by atoms with Crippen molar-refractivity contribution in [1.82, 2.24) is 0 Å². The van der Waals surface area contributed by atoms with Crippen molar-refractivity contribution in [2.45, 2.75) is 25.1 Å². The molecule has 2 fully saturated rings. The van der Waals surface area contributed by atoms with E-state index in [2.05, 4.69) is 19.1 Å². The zero-order chi connectivity index (χ0) is 14.3. The van der Waals surface area contributed by atoms with E-state index < -0.39 is 5.79 Å². The molecule has 6 atom stereocenters. The number of methoxy groups -OCH3 is 3. The normalized spacial score (nSPS) is 45.4. The molecule has 0 N–H and O–H groups in total. The Bertz CT molecular complexity index is 378. The quantitative estimate of drug-likeness (QED) is 0.564. The first-order valence-corrected chi connectivity index (χ1v) is 7.22. The lowest BCUT2D eigenvalue weighted by Crippen LogP contribution is -2.41. The molecule has 0 aromatic heterocycles. The summed E-state index contributed by atoms with van der Waals surface area (Å²) in [4.78, 5) is 0. The third kappa shape index (κ3) is 1.88. The topological polar surface area (TPSA) is 46.2 Å². The minimum Gasteiger partial charge on any atom is -0.382 e. The Labute approximate surface area is 120 Å². The van der Waals surface area contributed by atoms with Gasteiger partial charge in [0.2, 0.25) is 0 Å². The van der Waals surface area contributed by atoms with Gasteiger partial charge in [0.15, 0.2) is 12.1 Å². The Kier molecular flexibility index (Phi) is 3.90. The first-order chi connectivity index (χ1) is 9.67. The van der Waals surface area contributed by atoms with Crippen LogP contribution >= 0.6 is 0 Å². The molecule has 0 aromatic carbocycles. The van der Waals surface area contributed by atoms with E-state index in [1.165, 1.54) is 0 Å². The third-order valence-corrected chi connectivity index (χ3v) is 5.12. The molecule has 0 spiro atoms. The highest BCUT2D eigenvalue weighted by Gasteiger charge is 2.64. The molecule has 3 aliphatic rings. The first-order valence-electron chi connectivity index (χ1n) is 7.22. The van der Waals surface area contributed by atoms with Gasteiger partial charge in [-0.1, -0.05) is 19.1 Å². The van der Waals surface area contributed by atoms with E-state index in [9.17, 15) is 0 Å². The van der Waals surface area contributed by atoms with Crippen molar-refractivity contribution in [3.63, 3.8) is 0 Å². The minimum atomic E-state index is -0.559. The van der Waals surface area contributed by atoms with E-state index in [1.807, 2.05) is 0 Å². The van der Waals surface area contributed by atoms with Crippen LogP contribution in [0.2, 0.25) is 0 Å². The predicted octanol–water partition coefficient (Wildman–Crippen LogP) is 1.43. The summed E-state index contributed by atoms with van der Waals surface area (Å²) in [5.74, 6) is 0.517. The van der Waals surface area contributed by atoms with Crippen molar-refractivity contribution in [2.75, 3.05) is 34.5 Å². The van der Waals surface area contributed by atoms with Crippen LogP contribution in [0.25, 0.3) is 0 Å². The fraction of sp³-hybridized carbons (Fsp3) is 0.867. The van der Waals surface area contributed by atoms with Gasteiger partial charge in [-0.25, -0.2) is 0 Å². The Morgan fingerprint density at radius 2 is 1.85 bits per heavy atom. The van der Waals surface area contributed by atoms with Crippen LogP contribution in [-0.4, -0.2) is 52.7 Å². The zero-order valence-electron chi connectivity index (χ0n) is 12.6. The molecular formula is C15H24O5. The van der Waals surface area contributed by atoms with Crippen LogP contribution in [0.15, 0.2) is 12.2 Å². The molecule has 1 saturated carbocycles. The summed E-state index contributed by atoms with van der Waals surface area (Å²) in [5, 5.41) is 0. The second-order valence-electron chi connectivity index (χ2n) is 5.92. The van der Waals surface area contributed by atoms with Crippen molar-refractivity contribution < 1.29 is 23.7 Å². The van der Waals surface area contributed by atoms with Gasteiger partial charge in [-0.3, -0.25) is 0 Å². The van der Waals surface area contributed by atoms with E-state index in [1.54, 1.807) is 21.3 Å². The molecular weight excluding hydrogens is 260 g/mol. The van der Waals surface area contributed by atoms with Crippen molar-refractivity contribution in [3.05, 3.63) is 12.2 Å². The summed E-state index contributed by atoms with van der Waals surface area (Å²) in [6, 6.07) is 0. The van der Waals surface area contributed by atoms with Crippen molar-refractivity contribution in [2.24, 2.45) is 23.7 Å².